The second-order valence-electron chi connectivity index (χ2n) is 4.81. The monoisotopic (exact) mass is 269 g/mol. The van der Waals surface area contributed by atoms with Gasteiger partial charge in [-0.1, -0.05) is 24.3 Å². The minimum atomic E-state index is -0.452. The van der Waals surface area contributed by atoms with Crippen LogP contribution in [0.1, 0.15) is 36.8 Å². The van der Waals surface area contributed by atoms with E-state index >= 15 is 0 Å². The first kappa shape index (κ1) is 14.1. The number of carbonyl (C=O) groups excluding carboxylic acids is 1. The molecule has 1 aromatic rings. The number of nitrogens with two attached hydrogens (primary N) is 2. The number of guanidine groups is 1. The van der Waals surface area contributed by atoms with Gasteiger partial charge in [0.25, 0.3) is 5.91 Å². The van der Waals surface area contributed by atoms with Gasteiger partial charge in [-0.25, -0.2) is 0 Å². The lowest BCUT2D eigenvalue weighted by atomic mass is 9.93. The number of allylic oxidation sites excluding steroid dienone is 2. The summed E-state index contributed by atoms with van der Waals surface area (Å²) in [5, 5.41) is 0. The van der Waals surface area contributed by atoms with E-state index in [0.29, 0.717) is 0 Å². The summed E-state index contributed by atoms with van der Waals surface area (Å²) in [4.78, 5) is 14.8. The molecule has 1 amide bonds. The molecule has 0 aliphatic heterocycles. The molecule has 1 aliphatic carbocycles. The van der Waals surface area contributed by atoms with Crippen LogP contribution in [-0.4, -0.2) is 11.9 Å². The molecule has 20 heavy (non-hydrogen) atoms. The second-order valence-corrected chi connectivity index (χ2v) is 4.81. The standard InChI is InChI=1S/C16H19N3O/c17-16(18)19-15(20)10-9-12-5-4-8-14(11-12)13-6-2-1-3-7-13/h4-6,8-11H,1-3,7H2,(H4,17,18,19,20). The number of rotatable bonds is 3. The highest BCUT2D eigenvalue weighted by Crippen LogP contribution is 2.27. The Morgan fingerprint density at radius 3 is 2.80 bits per heavy atom. The fourth-order valence-corrected chi connectivity index (χ4v) is 2.27. The van der Waals surface area contributed by atoms with Crippen molar-refractivity contribution in [3.63, 3.8) is 0 Å². The van der Waals surface area contributed by atoms with E-state index in [0.717, 1.165) is 18.4 Å². The van der Waals surface area contributed by atoms with Crippen molar-refractivity contribution in [1.29, 1.82) is 0 Å². The van der Waals surface area contributed by atoms with Crippen molar-refractivity contribution in [3.8, 4) is 0 Å². The zero-order valence-electron chi connectivity index (χ0n) is 11.4. The van der Waals surface area contributed by atoms with Crippen LogP contribution in [0.2, 0.25) is 0 Å². The van der Waals surface area contributed by atoms with Gasteiger partial charge in [0.1, 0.15) is 0 Å². The Bertz CT molecular complexity index is 581. The smallest absolute Gasteiger partial charge is 0.272 e. The molecule has 4 N–H and O–H groups in total. The molecule has 104 valence electrons. The van der Waals surface area contributed by atoms with Gasteiger partial charge in [0.15, 0.2) is 5.96 Å². The van der Waals surface area contributed by atoms with Crippen molar-refractivity contribution in [3.05, 3.63) is 47.5 Å². The molecule has 0 heterocycles. The van der Waals surface area contributed by atoms with E-state index < -0.39 is 5.91 Å². The molecule has 0 unspecified atom stereocenters. The minimum absolute atomic E-state index is 0.222. The lowest BCUT2D eigenvalue weighted by Gasteiger charge is -2.13. The van der Waals surface area contributed by atoms with Gasteiger partial charge in [0, 0.05) is 6.08 Å². The molecule has 4 heteroatoms. The van der Waals surface area contributed by atoms with Crippen molar-refractivity contribution in [2.45, 2.75) is 25.7 Å². The number of carbonyl (C=O) groups is 1. The summed E-state index contributed by atoms with van der Waals surface area (Å²) in [5.41, 5.74) is 13.9. The van der Waals surface area contributed by atoms with Gasteiger partial charge in [-0.15, -0.1) is 0 Å². The molecule has 1 aromatic carbocycles. The Labute approximate surface area is 118 Å². The van der Waals surface area contributed by atoms with E-state index in [1.165, 1.54) is 30.1 Å². The maximum atomic E-state index is 11.4. The number of hydrogen-bond acceptors (Lipinski definition) is 1. The van der Waals surface area contributed by atoms with Crippen LogP contribution in [0.3, 0.4) is 0 Å². The average Bonchev–Trinajstić information content (AvgIpc) is 2.46. The fourth-order valence-electron chi connectivity index (χ4n) is 2.27. The molecule has 2 rings (SSSR count). The number of nitrogens with zero attached hydrogens (tertiary/aromatic N) is 1. The predicted octanol–water partition coefficient (Wildman–Crippen LogP) is 2.46. The van der Waals surface area contributed by atoms with E-state index in [1.807, 2.05) is 12.1 Å². The summed E-state index contributed by atoms with van der Waals surface area (Å²) in [5.74, 6) is -0.673. The SMILES string of the molecule is NC(N)=NC(=O)C=Cc1cccc(C2=CCCCC2)c1. The molecule has 0 aromatic heterocycles. The molecular weight excluding hydrogens is 250 g/mol. The van der Waals surface area contributed by atoms with Crippen molar-refractivity contribution in [1.82, 2.24) is 0 Å². The van der Waals surface area contributed by atoms with E-state index in [4.69, 9.17) is 11.5 Å². The number of aliphatic imine (C=N–C) groups is 1. The highest BCUT2D eigenvalue weighted by Gasteiger charge is 2.06. The highest BCUT2D eigenvalue weighted by molar-refractivity contribution is 5.99. The zero-order valence-corrected chi connectivity index (χ0v) is 11.4. The van der Waals surface area contributed by atoms with Crippen molar-refractivity contribution in [2.24, 2.45) is 16.5 Å². The molecule has 0 fully saturated rings. The topological polar surface area (TPSA) is 81.5 Å². The number of benzene rings is 1. The van der Waals surface area contributed by atoms with Crippen LogP contribution < -0.4 is 11.5 Å². The molecular formula is C16H19N3O. The third-order valence-electron chi connectivity index (χ3n) is 3.21. The summed E-state index contributed by atoms with van der Waals surface area (Å²) in [6.45, 7) is 0. The first-order valence-electron chi connectivity index (χ1n) is 6.76. The Balaban J connectivity index is 2.14. The maximum absolute atomic E-state index is 11.4. The predicted molar refractivity (Wildman–Crippen MR) is 82.7 cm³/mol. The third-order valence-corrected chi connectivity index (χ3v) is 3.21. The van der Waals surface area contributed by atoms with Crippen LogP contribution in [0, 0.1) is 0 Å². The fraction of sp³-hybridized carbons (Fsp3) is 0.250. The highest BCUT2D eigenvalue weighted by atomic mass is 16.1. The van der Waals surface area contributed by atoms with E-state index in [2.05, 4.69) is 23.2 Å². The van der Waals surface area contributed by atoms with Crippen molar-refractivity contribution >= 4 is 23.5 Å². The Morgan fingerprint density at radius 1 is 1.25 bits per heavy atom. The number of hydrogen-bond donors (Lipinski definition) is 2. The van der Waals surface area contributed by atoms with Gasteiger partial charge in [0.05, 0.1) is 0 Å². The number of amides is 1. The molecule has 0 saturated heterocycles. The summed E-state index contributed by atoms with van der Waals surface area (Å²) < 4.78 is 0. The van der Waals surface area contributed by atoms with Crippen LogP contribution in [-0.2, 0) is 4.79 Å². The summed E-state index contributed by atoms with van der Waals surface area (Å²) in [6, 6.07) is 8.13. The van der Waals surface area contributed by atoms with E-state index in [-0.39, 0.29) is 5.96 Å². The van der Waals surface area contributed by atoms with Gasteiger partial charge in [-0.2, -0.15) is 4.99 Å². The second kappa shape index (κ2) is 6.70. The van der Waals surface area contributed by atoms with Gasteiger partial charge in [-0.05, 0) is 54.5 Å². The molecule has 4 nitrogen and oxygen atoms in total. The largest absolute Gasteiger partial charge is 0.370 e. The summed E-state index contributed by atoms with van der Waals surface area (Å²) in [6.07, 6.45) is 10.2. The van der Waals surface area contributed by atoms with Gasteiger partial charge in [0.2, 0.25) is 0 Å². The van der Waals surface area contributed by atoms with Crippen LogP contribution in [0.4, 0.5) is 0 Å². The zero-order chi connectivity index (χ0) is 14.4. The molecule has 0 bridgehead atoms. The minimum Gasteiger partial charge on any atom is -0.370 e. The van der Waals surface area contributed by atoms with E-state index in [9.17, 15) is 4.79 Å². The van der Waals surface area contributed by atoms with Gasteiger partial charge < -0.3 is 11.5 Å². The molecule has 0 spiro atoms. The quantitative estimate of drug-likeness (QED) is 0.502. The first-order valence-corrected chi connectivity index (χ1v) is 6.76. The van der Waals surface area contributed by atoms with Crippen molar-refractivity contribution < 1.29 is 4.79 Å². The van der Waals surface area contributed by atoms with Crippen LogP contribution in [0.15, 0.2) is 41.4 Å². The van der Waals surface area contributed by atoms with Gasteiger partial charge >= 0.3 is 0 Å². The Kier molecular flexibility index (Phi) is 4.71. The molecule has 0 radical (unpaired) electrons. The van der Waals surface area contributed by atoms with Crippen molar-refractivity contribution in [2.75, 3.05) is 0 Å². The van der Waals surface area contributed by atoms with Crippen LogP contribution in [0.25, 0.3) is 11.6 Å². The lowest BCUT2D eigenvalue weighted by Crippen LogP contribution is -2.23. The van der Waals surface area contributed by atoms with E-state index in [1.54, 1.807) is 6.08 Å². The molecule has 0 saturated carbocycles. The first-order chi connectivity index (χ1) is 9.65. The Morgan fingerprint density at radius 2 is 2.10 bits per heavy atom. The molecule has 1 aliphatic rings. The van der Waals surface area contributed by atoms with Crippen LogP contribution >= 0.6 is 0 Å². The molecule has 0 atom stereocenters. The summed E-state index contributed by atoms with van der Waals surface area (Å²) in [7, 11) is 0. The normalized spacial score (nSPS) is 14.9. The average molecular weight is 269 g/mol. The van der Waals surface area contributed by atoms with Gasteiger partial charge in [-0.3, -0.25) is 4.79 Å². The summed E-state index contributed by atoms with van der Waals surface area (Å²) >= 11 is 0. The van der Waals surface area contributed by atoms with Crippen LogP contribution in [0.5, 0.6) is 0 Å². The Hall–Kier alpha value is -2.36. The maximum Gasteiger partial charge on any atom is 0.272 e. The lowest BCUT2D eigenvalue weighted by molar-refractivity contribution is -0.113. The third kappa shape index (κ3) is 4.09.